The molecule has 1 N–H and O–H groups in total. The van der Waals surface area contributed by atoms with Crippen molar-refractivity contribution in [3.8, 4) is 5.75 Å². The van der Waals surface area contributed by atoms with Crippen LogP contribution in [-0.2, 0) is 9.53 Å². The fraction of sp³-hybridized carbons (Fsp3) is 0.133. The molecule has 1 heterocycles. The predicted molar refractivity (Wildman–Crippen MR) is 87.8 cm³/mol. The van der Waals surface area contributed by atoms with Gasteiger partial charge in [-0.25, -0.2) is 9.78 Å². The molecule has 2 rings (SSSR count). The summed E-state index contributed by atoms with van der Waals surface area (Å²) in [7, 11) is 1.27. The Hall–Kier alpha value is -3.20. The molecule has 0 atom stereocenters. The number of carbonyl (C=O) groups is 2. The van der Waals surface area contributed by atoms with E-state index in [1.165, 1.54) is 37.6 Å². The van der Waals surface area contributed by atoms with Gasteiger partial charge in [-0.05, 0) is 24.3 Å². The number of nitro benzene ring substituents is 1. The molecule has 0 aliphatic heterocycles. The minimum atomic E-state index is -0.884. The Morgan fingerprint density at radius 2 is 2.08 bits per heavy atom. The second-order valence-electron chi connectivity index (χ2n) is 4.63. The number of hydrogen-bond acceptors (Lipinski definition) is 7. The number of nitro groups is 1. The summed E-state index contributed by atoms with van der Waals surface area (Å²) in [6, 6.07) is 6.60. The maximum Gasteiger partial charge on any atom is 0.338 e. The lowest BCUT2D eigenvalue weighted by atomic mass is 10.2. The van der Waals surface area contributed by atoms with Crippen LogP contribution < -0.4 is 10.1 Å². The second kappa shape index (κ2) is 8.06. The number of aromatic nitrogens is 1. The SMILES string of the molecule is COc1ccc(C(=O)OCC(=O)Nc2ccc(Cl)cn2)cc1[N+](=O)[O-]. The molecule has 0 aliphatic rings. The largest absolute Gasteiger partial charge is 0.490 e. The van der Waals surface area contributed by atoms with E-state index in [4.69, 9.17) is 21.1 Å². The number of pyridine rings is 1. The number of nitrogens with zero attached hydrogens (tertiary/aromatic N) is 2. The van der Waals surface area contributed by atoms with E-state index < -0.39 is 23.4 Å². The number of rotatable bonds is 6. The van der Waals surface area contributed by atoms with E-state index in [2.05, 4.69) is 10.3 Å². The van der Waals surface area contributed by atoms with Crippen LogP contribution in [0.4, 0.5) is 11.5 Å². The van der Waals surface area contributed by atoms with E-state index in [1.807, 2.05) is 0 Å². The van der Waals surface area contributed by atoms with Crippen molar-refractivity contribution in [3.63, 3.8) is 0 Å². The molecule has 1 amide bonds. The molecule has 1 aromatic carbocycles. The van der Waals surface area contributed by atoms with Gasteiger partial charge in [0, 0.05) is 12.3 Å². The van der Waals surface area contributed by atoms with Crippen LogP contribution in [0.2, 0.25) is 5.02 Å². The summed E-state index contributed by atoms with van der Waals surface area (Å²) in [6.45, 7) is -0.580. The van der Waals surface area contributed by atoms with Crippen LogP contribution in [0.15, 0.2) is 36.5 Å². The Balaban J connectivity index is 1.97. The lowest BCUT2D eigenvalue weighted by molar-refractivity contribution is -0.385. The summed E-state index contributed by atoms with van der Waals surface area (Å²) in [5.74, 6) is -1.25. The standard InChI is InChI=1S/C15H12ClN3O6/c1-24-12-4-2-9(6-11(12)19(22)23)15(21)25-8-14(20)18-13-5-3-10(16)7-17-13/h2-7H,8H2,1H3,(H,17,18,20). The van der Waals surface area contributed by atoms with Crippen molar-refractivity contribution in [2.24, 2.45) is 0 Å². The van der Waals surface area contributed by atoms with Gasteiger partial charge in [-0.3, -0.25) is 14.9 Å². The van der Waals surface area contributed by atoms with Gasteiger partial charge in [-0.15, -0.1) is 0 Å². The summed E-state index contributed by atoms with van der Waals surface area (Å²) < 4.78 is 9.67. The van der Waals surface area contributed by atoms with Crippen LogP contribution >= 0.6 is 11.6 Å². The molecule has 0 fully saturated rings. The lowest BCUT2D eigenvalue weighted by Gasteiger charge is -2.07. The van der Waals surface area contributed by atoms with Crippen molar-refractivity contribution in [2.75, 3.05) is 19.0 Å². The van der Waals surface area contributed by atoms with Crippen molar-refractivity contribution < 1.29 is 24.0 Å². The number of methoxy groups -OCH3 is 1. The van der Waals surface area contributed by atoms with Gasteiger partial charge in [-0.2, -0.15) is 0 Å². The van der Waals surface area contributed by atoms with Gasteiger partial charge in [0.2, 0.25) is 0 Å². The Kier molecular flexibility index (Phi) is 5.85. The zero-order valence-electron chi connectivity index (χ0n) is 12.9. The third-order valence-corrected chi connectivity index (χ3v) is 3.16. The van der Waals surface area contributed by atoms with E-state index >= 15 is 0 Å². The molecule has 10 heteroatoms. The van der Waals surface area contributed by atoms with E-state index in [-0.39, 0.29) is 22.8 Å². The molecule has 0 aliphatic carbocycles. The molecule has 2 aromatic rings. The Bertz CT molecular complexity index is 809. The maximum absolute atomic E-state index is 11.9. The molecule has 0 bridgehead atoms. The van der Waals surface area contributed by atoms with Gasteiger partial charge in [-0.1, -0.05) is 11.6 Å². The third kappa shape index (κ3) is 4.88. The van der Waals surface area contributed by atoms with Crippen LogP contribution in [-0.4, -0.2) is 35.5 Å². The predicted octanol–water partition coefficient (Wildman–Crippen LogP) is 2.45. The minimum absolute atomic E-state index is 0.00751. The van der Waals surface area contributed by atoms with Crippen LogP contribution in [0.1, 0.15) is 10.4 Å². The van der Waals surface area contributed by atoms with Crippen LogP contribution in [0.5, 0.6) is 5.75 Å². The first-order chi connectivity index (χ1) is 11.9. The zero-order chi connectivity index (χ0) is 18.4. The van der Waals surface area contributed by atoms with E-state index in [0.29, 0.717) is 5.02 Å². The summed E-state index contributed by atoms with van der Waals surface area (Å²) in [6.07, 6.45) is 1.35. The Morgan fingerprint density at radius 3 is 2.68 bits per heavy atom. The first-order valence-electron chi connectivity index (χ1n) is 6.81. The summed E-state index contributed by atoms with van der Waals surface area (Å²) in [5, 5.41) is 13.8. The third-order valence-electron chi connectivity index (χ3n) is 2.94. The summed E-state index contributed by atoms with van der Waals surface area (Å²) in [4.78, 5) is 37.8. The van der Waals surface area contributed by atoms with Gasteiger partial charge in [0.15, 0.2) is 12.4 Å². The monoisotopic (exact) mass is 365 g/mol. The number of hydrogen-bond donors (Lipinski definition) is 1. The Morgan fingerprint density at radius 1 is 1.32 bits per heavy atom. The van der Waals surface area contributed by atoms with Gasteiger partial charge in [0.1, 0.15) is 5.82 Å². The molecule has 0 radical (unpaired) electrons. The number of esters is 1. The fourth-order valence-corrected chi connectivity index (χ4v) is 1.91. The van der Waals surface area contributed by atoms with E-state index in [9.17, 15) is 19.7 Å². The fourth-order valence-electron chi connectivity index (χ4n) is 1.80. The van der Waals surface area contributed by atoms with Gasteiger partial charge in [0.25, 0.3) is 5.91 Å². The topological polar surface area (TPSA) is 121 Å². The van der Waals surface area contributed by atoms with E-state index in [0.717, 1.165) is 6.07 Å². The lowest BCUT2D eigenvalue weighted by Crippen LogP contribution is -2.21. The number of amides is 1. The molecule has 0 saturated carbocycles. The molecule has 0 spiro atoms. The number of carbonyl (C=O) groups excluding carboxylic acids is 2. The van der Waals surface area contributed by atoms with Crippen molar-refractivity contribution >= 4 is 35.0 Å². The molecule has 0 saturated heterocycles. The number of anilines is 1. The normalized spacial score (nSPS) is 10.0. The van der Waals surface area contributed by atoms with Gasteiger partial charge < -0.3 is 14.8 Å². The molecule has 25 heavy (non-hydrogen) atoms. The highest BCUT2D eigenvalue weighted by atomic mass is 35.5. The van der Waals surface area contributed by atoms with Gasteiger partial charge in [0.05, 0.1) is 22.6 Å². The molecule has 130 valence electrons. The van der Waals surface area contributed by atoms with Crippen molar-refractivity contribution in [2.45, 2.75) is 0 Å². The number of halogens is 1. The van der Waals surface area contributed by atoms with Crippen molar-refractivity contribution in [1.29, 1.82) is 0 Å². The first-order valence-corrected chi connectivity index (χ1v) is 7.19. The molecule has 1 aromatic heterocycles. The molecular formula is C15H12ClN3O6. The summed E-state index contributed by atoms with van der Waals surface area (Å²) >= 11 is 5.67. The first kappa shape index (κ1) is 18.1. The molecular weight excluding hydrogens is 354 g/mol. The van der Waals surface area contributed by atoms with E-state index in [1.54, 1.807) is 0 Å². The number of nitrogens with one attached hydrogen (secondary N) is 1. The Labute approximate surface area is 146 Å². The molecule has 0 unspecified atom stereocenters. The highest BCUT2D eigenvalue weighted by Crippen LogP contribution is 2.27. The highest BCUT2D eigenvalue weighted by molar-refractivity contribution is 6.30. The van der Waals surface area contributed by atoms with Crippen molar-refractivity contribution in [3.05, 3.63) is 57.2 Å². The van der Waals surface area contributed by atoms with Gasteiger partial charge >= 0.3 is 11.7 Å². The zero-order valence-corrected chi connectivity index (χ0v) is 13.6. The molecule has 9 nitrogen and oxygen atoms in total. The quantitative estimate of drug-likeness (QED) is 0.474. The van der Waals surface area contributed by atoms with Crippen LogP contribution in [0.25, 0.3) is 0 Å². The number of benzene rings is 1. The van der Waals surface area contributed by atoms with Crippen LogP contribution in [0, 0.1) is 10.1 Å². The highest BCUT2D eigenvalue weighted by Gasteiger charge is 2.19. The van der Waals surface area contributed by atoms with Crippen molar-refractivity contribution in [1.82, 2.24) is 4.98 Å². The average Bonchev–Trinajstić information content (AvgIpc) is 2.61. The minimum Gasteiger partial charge on any atom is -0.490 e. The number of ether oxygens (including phenoxy) is 2. The summed E-state index contributed by atoms with van der Waals surface area (Å²) in [5.41, 5.74) is -0.461. The average molecular weight is 366 g/mol. The maximum atomic E-state index is 11.9. The smallest absolute Gasteiger partial charge is 0.338 e. The second-order valence-corrected chi connectivity index (χ2v) is 5.07. The van der Waals surface area contributed by atoms with Crippen LogP contribution in [0.3, 0.4) is 0 Å².